The first-order valence-electron chi connectivity index (χ1n) is 13.1. The predicted octanol–water partition coefficient (Wildman–Crippen LogP) is 6.22. The van der Waals surface area contributed by atoms with Gasteiger partial charge in [0.25, 0.3) is 0 Å². The molecule has 1 saturated heterocycles. The Balaban J connectivity index is 1.17. The summed E-state index contributed by atoms with van der Waals surface area (Å²) in [6.07, 6.45) is 13.3. The van der Waals surface area contributed by atoms with E-state index in [1.54, 1.807) is 24.3 Å². The number of halogens is 2. The molecule has 0 aromatic heterocycles. The van der Waals surface area contributed by atoms with E-state index in [0.29, 0.717) is 22.5 Å². The van der Waals surface area contributed by atoms with Crippen LogP contribution in [0.1, 0.15) is 49.7 Å². The van der Waals surface area contributed by atoms with Crippen LogP contribution in [0.4, 0.5) is 0 Å². The quantitative estimate of drug-likeness (QED) is 0.233. The highest BCUT2D eigenvalue weighted by atomic mass is 35.5. The highest BCUT2D eigenvalue weighted by Crippen LogP contribution is 2.23. The molecule has 1 aliphatic heterocycles. The maximum Gasteiger partial charge on any atom is 0.243 e. The molecule has 1 heterocycles. The van der Waals surface area contributed by atoms with Gasteiger partial charge in [-0.3, -0.25) is 9.59 Å². The summed E-state index contributed by atoms with van der Waals surface area (Å²) in [5.74, 6) is 0.554. The molecule has 2 aromatic carbocycles. The molecule has 0 saturated carbocycles. The van der Waals surface area contributed by atoms with Crippen molar-refractivity contribution >= 4 is 47.2 Å². The standard InChI is InChI=1S/C30H37Cl2N3O2/c31-27-12-9-26(23-28(27)32)11-14-29(36)33-18-5-2-6-20-35-21-16-25(17-22-35)15-19-34-30(37)13-10-24-7-3-1-4-8-24/h1,3-4,7-14,23,25H,2,5-6,15-22H2,(H,33,36)(H,34,37)/b13-10+,14-11+. The first-order chi connectivity index (χ1) is 18.0. The zero-order chi connectivity index (χ0) is 26.3. The average molecular weight is 543 g/mol. The third-order valence-electron chi connectivity index (χ3n) is 6.61. The molecule has 198 valence electrons. The van der Waals surface area contributed by atoms with Gasteiger partial charge in [0, 0.05) is 25.2 Å². The Labute approximate surface area is 230 Å². The van der Waals surface area contributed by atoms with Crippen molar-refractivity contribution in [1.29, 1.82) is 0 Å². The van der Waals surface area contributed by atoms with Crippen LogP contribution in [0.25, 0.3) is 12.2 Å². The Morgan fingerprint density at radius 1 is 0.811 bits per heavy atom. The van der Waals surface area contributed by atoms with Gasteiger partial charge in [-0.2, -0.15) is 0 Å². The number of nitrogens with one attached hydrogen (secondary N) is 2. The molecule has 0 bridgehead atoms. The van der Waals surface area contributed by atoms with Crippen LogP contribution in [0.3, 0.4) is 0 Å². The van der Waals surface area contributed by atoms with E-state index in [9.17, 15) is 9.59 Å². The zero-order valence-corrected chi connectivity index (χ0v) is 22.8. The summed E-state index contributed by atoms with van der Waals surface area (Å²) in [5, 5.41) is 6.92. The Hall–Kier alpha value is -2.60. The van der Waals surface area contributed by atoms with E-state index in [1.165, 1.54) is 18.9 Å². The molecule has 0 aliphatic carbocycles. The molecule has 0 unspecified atom stereocenters. The third-order valence-corrected chi connectivity index (χ3v) is 7.35. The van der Waals surface area contributed by atoms with Crippen LogP contribution in [0, 0.1) is 5.92 Å². The Morgan fingerprint density at radius 2 is 1.49 bits per heavy atom. The van der Waals surface area contributed by atoms with Crippen LogP contribution in [0.5, 0.6) is 0 Å². The lowest BCUT2D eigenvalue weighted by molar-refractivity contribution is -0.117. The average Bonchev–Trinajstić information content (AvgIpc) is 2.91. The maximum absolute atomic E-state index is 12.0. The Bertz CT molecular complexity index is 1050. The molecule has 0 atom stereocenters. The summed E-state index contributed by atoms with van der Waals surface area (Å²) in [6, 6.07) is 15.1. The third kappa shape index (κ3) is 11.5. The Morgan fingerprint density at radius 3 is 2.19 bits per heavy atom. The number of nitrogens with zero attached hydrogens (tertiary/aromatic N) is 1. The van der Waals surface area contributed by atoms with Gasteiger partial charge < -0.3 is 15.5 Å². The SMILES string of the molecule is O=C(/C=C/c1ccc(Cl)c(Cl)c1)NCCCCCN1CCC(CCNC(=O)/C=C/c2ccccc2)CC1. The fourth-order valence-corrected chi connectivity index (χ4v) is 4.70. The first kappa shape index (κ1) is 29.0. The van der Waals surface area contributed by atoms with Gasteiger partial charge >= 0.3 is 0 Å². The number of amides is 2. The van der Waals surface area contributed by atoms with Crippen LogP contribution in [0.15, 0.2) is 60.7 Å². The van der Waals surface area contributed by atoms with Crippen LogP contribution in [-0.4, -0.2) is 49.4 Å². The number of carbonyl (C=O) groups excluding carboxylic acids is 2. The first-order valence-corrected chi connectivity index (χ1v) is 13.9. The fourth-order valence-electron chi connectivity index (χ4n) is 4.39. The molecule has 1 fully saturated rings. The topological polar surface area (TPSA) is 61.4 Å². The summed E-state index contributed by atoms with van der Waals surface area (Å²) in [6.45, 7) is 4.78. The minimum absolute atomic E-state index is 0.0278. The second-order valence-electron chi connectivity index (χ2n) is 9.47. The molecule has 2 aromatic rings. The van der Waals surface area contributed by atoms with Gasteiger partial charge in [0.1, 0.15) is 0 Å². The lowest BCUT2D eigenvalue weighted by Gasteiger charge is -2.32. The number of carbonyl (C=O) groups is 2. The molecule has 3 rings (SSSR count). The fraction of sp³-hybridized carbons (Fsp3) is 0.400. The number of benzene rings is 2. The summed E-state index contributed by atoms with van der Waals surface area (Å²) < 4.78 is 0. The number of piperidine rings is 1. The van der Waals surface area contributed by atoms with Gasteiger partial charge in [-0.25, -0.2) is 0 Å². The molecule has 2 N–H and O–H groups in total. The van der Waals surface area contributed by atoms with E-state index in [-0.39, 0.29) is 11.8 Å². The van der Waals surface area contributed by atoms with Gasteiger partial charge in [0.05, 0.1) is 10.0 Å². The van der Waals surface area contributed by atoms with E-state index in [1.807, 2.05) is 42.5 Å². The highest BCUT2D eigenvalue weighted by molar-refractivity contribution is 6.42. The van der Waals surface area contributed by atoms with Crippen molar-refractivity contribution in [3.63, 3.8) is 0 Å². The Kier molecular flexibility index (Phi) is 12.7. The smallest absolute Gasteiger partial charge is 0.243 e. The normalized spacial score (nSPS) is 14.9. The van der Waals surface area contributed by atoms with E-state index in [4.69, 9.17) is 23.2 Å². The van der Waals surface area contributed by atoms with Gasteiger partial charge in [-0.05, 0) is 93.1 Å². The van der Waals surface area contributed by atoms with E-state index in [2.05, 4.69) is 15.5 Å². The predicted molar refractivity (Wildman–Crippen MR) is 155 cm³/mol. The second kappa shape index (κ2) is 16.3. The summed E-state index contributed by atoms with van der Waals surface area (Å²) in [5.41, 5.74) is 1.87. The minimum atomic E-state index is -0.100. The summed E-state index contributed by atoms with van der Waals surface area (Å²) in [4.78, 5) is 26.5. The van der Waals surface area contributed by atoms with Crippen LogP contribution in [-0.2, 0) is 9.59 Å². The lowest BCUT2D eigenvalue weighted by Crippen LogP contribution is -2.35. The van der Waals surface area contributed by atoms with Crippen LogP contribution in [0.2, 0.25) is 10.0 Å². The molecule has 1 aliphatic rings. The van der Waals surface area contributed by atoms with Crippen LogP contribution < -0.4 is 10.6 Å². The van der Waals surface area contributed by atoms with Crippen molar-refractivity contribution < 1.29 is 9.59 Å². The molecule has 37 heavy (non-hydrogen) atoms. The number of hydrogen-bond donors (Lipinski definition) is 2. The monoisotopic (exact) mass is 541 g/mol. The zero-order valence-electron chi connectivity index (χ0n) is 21.3. The van der Waals surface area contributed by atoms with Gasteiger partial charge in [-0.15, -0.1) is 0 Å². The van der Waals surface area contributed by atoms with Crippen molar-refractivity contribution in [1.82, 2.24) is 15.5 Å². The molecule has 5 nitrogen and oxygen atoms in total. The van der Waals surface area contributed by atoms with E-state index < -0.39 is 0 Å². The maximum atomic E-state index is 12.0. The molecule has 7 heteroatoms. The minimum Gasteiger partial charge on any atom is -0.353 e. The summed E-state index contributed by atoms with van der Waals surface area (Å²) in [7, 11) is 0. The molecule has 2 amide bonds. The second-order valence-corrected chi connectivity index (χ2v) is 10.3. The number of hydrogen-bond acceptors (Lipinski definition) is 3. The van der Waals surface area contributed by atoms with E-state index in [0.717, 1.165) is 63.0 Å². The largest absolute Gasteiger partial charge is 0.353 e. The van der Waals surface area contributed by atoms with Gasteiger partial charge in [0.15, 0.2) is 0 Å². The van der Waals surface area contributed by atoms with Gasteiger partial charge in [-0.1, -0.05) is 66.0 Å². The molecular weight excluding hydrogens is 505 g/mol. The molecule has 0 spiro atoms. The molecular formula is C30H37Cl2N3O2. The van der Waals surface area contributed by atoms with Crippen molar-refractivity contribution in [3.8, 4) is 0 Å². The number of unbranched alkanes of at least 4 members (excludes halogenated alkanes) is 2. The molecule has 0 radical (unpaired) electrons. The van der Waals surface area contributed by atoms with Crippen molar-refractivity contribution in [2.24, 2.45) is 5.92 Å². The lowest BCUT2D eigenvalue weighted by atomic mass is 9.93. The van der Waals surface area contributed by atoms with E-state index >= 15 is 0 Å². The summed E-state index contributed by atoms with van der Waals surface area (Å²) >= 11 is 11.9. The van der Waals surface area contributed by atoms with Crippen molar-refractivity contribution in [2.75, 3.05) is 32.7 Å². The van der Waals surface area contributed by atoms with Crippen LogP contribution >= 0.6 is 23.2 Å². The number of likely N-dealkylation sites (tertiary alicyclic amines) is 1. The van der Waals surface area contributed by atoms with Crippen molar-refractivity contribution in [2.45, 2.75) is 38.5 Å². The van der Waals surface area contributed by atoms with Gasteiger partial charge in [0.2, 0.25) is 11.8 Å². The highest BCUT2D eigenvalue weighted by Gasteiger charge is 2.18. The van der Waals surface area contributed by atoms with Crippen molar-refractivity contribution in [3.05, 3.63) is 81.9 Å². The number of rotatable bonds is 13.